The van der Waals surface area contributed by atoms with E-state index in [0.29, 0.717) is 0 Å². The number of benzene rings is 2. The van der Waals surface area contributed by atoms with Gasteiger partial charge in [0, 0.05) is 16.3 Å². The summed E-state index contributed by atoms with van der Waals surface area (Å²) in [5.41, 5.74) is -0.343. The molecule has 178 valence electrons. The monoisotopic (exact) mass is 583 g/mol. The van der Waals surface area contributed by atoms with Crippen LogP contribution in [-0.4, -0.2) is 40.7 Å². The van der Waals surface area contributed by atoms with E-state index in [9.17, 15) is 28.3 Å². The molecule has 1 aliphatic heterocycles. The fourth-order valence-corrected chi connectivity index (χ4v) is 4.35. The highest BCUT2D eigenvalue weighted by atomic mass is 127. The number of hydrogen-bond donors (Lipinski definition) is 3. The number of carbonyl (C=O) groups excluding carboxylic acids is 2. The predicted octanol–water partition coefficient (Wildman–Crippen LogP) is 2.24. The van der Waals surface area contributed by atoms with Crippen LogP contribution in [0.1, 0.15) is 28.9 Å². The van der Waals surface area contributed by atoms with Gasteiger partial charge in [-0.15, -0.1) is 0 Å². The highest BCUT2D eigenvalue weighted by Gasteiger charge is 2.29. The molecular formula is C23H20F2IN3O5. The molecule has 4 rings (SSSR count). The largest absolute Gasteiger partial charge is 0.486 e. The molecule has 0 spiro atoms. The maximum atomic E-state index is 14.2. The minimum Gasteiger partial charge on any atom is -0.486 e. The molecule has 0 saturated carbocycles. The summed E-state index contributed by atoms with van der Waals surface area (Å²) in [6.45, 7) is 1.20. The Hall–Kier alpha value is -3.06. The van der Waals surface area contributed by atoms with Gasteiger partial charge in [0.05, 0.1) is 23.6 Å². The summed E-state index contributed by atoms with van der Waals surface area (Å²) >= 11 is 2.14. The Kier molecular flexibility index (Phi) is 6.84. The van der Waals surface area contributed by atoms with E-state index < -0.39 is 41.5 Å². The smallest absolute Gasteiger partial charge is 0.257 e. The molecule has 34 heavy (non-hydrogen) atoms. The van der Waals surface area contributed by atoms with E-state index in [2.05, 4.69) is 33.2 Å². The van der Waals surface area contributed by atoms with Crippen molar-refractivity contribution in [3.05, 3.63) is 73.1 Å². The molecule has 8 nitrogen and oxygen atoms in total. The van der Waals surface area contributed by atoms with Crippen LogP contribution >= 0.6 is 22.6 Å². The van der Waals surface area contributed by atoms with Gasteiger partial charge in [-0.2, -0.15) is 4.39 Å². The molecule has 0 fully saturated rings. The third kappa shape index (κ3) is 4.49. The Morgan fingerprint density at radius 1 is 1.32 bits per heavy atom. The van der Waals surface area contributed by atoms with Crippen molar-refractivity contribution in [1.82, 2.24) is 15.2 Å². The molecule has 1 aromatic heterocycles. The number of hydrogen-bond acceptors (Lipinski definition) is 5. The molecule has 3 N–H and O–H groups in total. The molecule has 0 saturated heterocycles. The minimum atomic E-state index is -1.33. The summed E-state index contributed by atoms with van der Waals surface area (Å²) in [5.74, 6) is -4.45. The van der Waals surface area contributed by atoms with Crippen molar-refractivity contribution < 1.29 is 28.2 Å². The minimum absolute atomic E-state index is 0.00644. The van der Waals surface area contributed by atoms with E-state index >= 15 is 0 Å². The normalized spacial score (nSPS) is 15.5. The summed E-state index contributed by atoms with van der Waals surface area (Å²) in [6.07, 6.45) is 1.23. The molecule has 1 aliphatic rings. The van der Waals surface area contributed by atoms with E-state index in [1.165, 1.54) is 10.8 Å². The molecule has 2 amide bonds. The summed E-state index contributed by atoms with van der Waals surface area (Å²) in [6, 6.07) is 6.44. The average Bonchev–Trinajstić information content (AvgIpc) is 2.81. The van der Waals surface area contributed by atoms with Crippen LogP contribution in [0.2, 0.25) is 0 Å². The van der Waals surface area contributed by atoms with Crippen LogP contribution < -0.4 is 20.8 Å². The first kappa shape index (κ1) is 24.1. The molecule has 0 radical (unpaired) electrons. The van der Waals surface area contributed by atoms with Gasteiger partial charge in [-0.1, -0.05) is 12.1 Å². The SMILES string of the molecule is CC1COc2c(F)c(F)cc3c(=O)c(C(=O)NC(CO)C(=O)NCc4cccc(I)c4)cn1c23. The Balaban J connectivity index is 1.61. The lowest BCUT2D eigenvalue weighted by molar-refractivity contribution is -0.124. The fourth-order valence-electron chi connectivity index (χ4n) is 3.74. The Bertz CT molecular complexity index is 1360. The van der Waals surface area contributed by atoms with Gasteiger partial charge in [-0.25, -0.2) is 4.39 Å². The zero-order chi connectivity index (χ0) is 24.6. The lowest BCUT2D eigenvalue weighted by atomic mass is 10.1. The molecule has 2 atom stereocenters. The number of ether oxygens (including phenoxy) is 1. The second-order valence-electron chi connectivity index (χ2n) is 7.89. The van der Waals surface area contributed by atoms with Crippen LogP contribution in [0.4, 0.5) is 8.78 Å². The van der Waals surface area contributed by atoms with Gasteiger partial charge in [-0.3, -0.25) is 14.4 Å². The Labute approximate surface area is 206 Å². The summed E-state index contributed by atoms with van der Waals surface area (Å²) in [5, 5.41) is 14.4. The number of aliphatic hydroxyl groups is 1. The first-order chi connectivity index (χ1) is 16.2. The molecule has 0 bridgehead atoms. The molecular weight excluding hydrogens is 563 g/mol. The van der Waals surface area contributed by atoms with Crippen molar-refractivity contribution >= 4 is 45.3 Å². The van der Waals surface area contributed by atoms with Gasteiger partial charge in [0.1, 0.15) is 18.2 Å². The van der Waals surface area contributed by atoms with Gasteiger partial charge in [0.2, 0.25) is 17.2 Å². The summed E-state index contributed by atoms with van der Waals surface area (Å²) < 4.78 is 36.1. The van der Waals surface area contributed by atoms with Gasteiger partial charge in [0.15, 0.2) is 11.6 Å². The van der Waals surface area contributed by atoms with Crippen molar-refractivity contribution in [2.75, 3.05) is 13.2 Å². The maximum Gasteiger partial charge on any atom is 0.257 e. The van der Waals surface area contributed by atoms with Gasteiger partial charge < -0.3 is 25.0 Å². The molecule has 2 heterocycles. The number of aliphatic hydroxyl groups excluding tert-OH is 1. The number of halogens is 3. The number of nitrogens with one attached hydrogen (secondary N) is 2. The van der Waals surface area contributed by atoms with Crippen LogP contribution in [0.5, 0.6) is 5.75 Å². The highest BCUT2D eigenvalue weighted by molar-refractivity contribution is 14.1. The zero-order valence-corrected chi connectivity index (χ0v) is 20.1. The number of nitrogens with zero attached hydrogens (tertiary/aromatic N) is 1. The number of aromatic nitrogens is 1. The van der Waals surface area contributed by atoms with Crippen LogP contribution in [0.15, 0.2) is 41.3 Å². The Morgan fingerprint density at radius 3 is 2.79 bits per heavy atom. The second-order valence-corrected chi connectivity index (χ2v) is 9.14. The summed E-state index contributed by atoms with van der Waals surface area (Å²) in [4.78, 5) is 38.4. The van der Waals surface area contributed by atoms with Crippen molar-refractivity contribution in [1.29, 1.82) is 0 Å². The third-order valence-electron chi connectivity index (χ3n) is 5.51. The van der Waals surface area contributed by atoms with Crippen LogP contribution in [0, 0.1) is 15.2 Å². The fraction of sp³-hybridized carbons (Fsp3) is 0.261. The van der Waals surface area contributed by atoms with Gasteiger partial charge in [-0.05, 0) is 53.3 Å². The maximum absolute atomic E-state index is 14.2. The van der Waals surface area contributed by atoms with E-state index in [4.69, 9.17) is 4.74 Å². The van der Waals surface area contributed by atoms with Crippen molar-refractivity contribution in [2.24, 2.45) is 0 Å². The number of carbonyl (C=O) groups is 2. The average molecular weight is 583 g/mol. The Morgan fingerprint density at radius 2 is 2.09 bits per heavy atom. The topological polar surface area (TPSA) is 110 Å². The molecule has 2 aromatic carbocycles. The first-order valence-corrected chi connectivity index (χ1v) is 11.4. The van der Waals surface area contributed by atoms with Crippen LogP contribution in [0.3, 0.4) is 0 Å². The van der Waals surface area contributed by atoms with Gasteiger partial charge >= 0.3 is 0 Å². The lowest BCUT2D eigenvalue weighted by Crippen LogP contribution is -2.49. The highest BCUT2D eigenvalue weighted by Crippen LogP contribution is 2.35. The van der Waals surface area contributed by atoms with E-state index in [0.717, 1.165) is 15.2 Å². The molecule has 11 heteroatoms. The predicted molar refractivity (Wildman–Crippen MR) is 128 cm³/mol. The van der Waals surface area contributed by atoms with Gasteiger partial charge in [0.25, 0.3) is 5.91 Å². The zero-order valence-electron chi connectivity index (χ0n) is 17.9. The number of pyridine rings is 1. The number of amides is 2. The molecule has 0 aliphatic carbocycles. The standard InChI is InChI=1S/C23H20F2IN3O5/c1-11-10-34-21-18(25)16(24)6-14-19(21)29(11)8-15(20(14)31)22(32)28-17(9-30)23(33)27-7-12-3-2-4-13(26)5-12/h2-6,8,11,17,30H,7,9-10H2,1H3,(H,27,33)(H,28,32). The molecule has 3 aromatic rings. The van der Waals surface area contributed by atoms with E-state index in [-0.39, 0.29) is 41.4 Å². The quantitative estimate of drug-likeness (QED) is 0.386. The number of rotatable bonds is 6. The van der Waals surface area contributed by atoms with Crippen LogP contribution in [-0.2, 0) is 11.3 Å². The second kappa shape index (κ2) is 9.66. The van der Waals surface area contributed by atoms with Crippen LogP contribution in [0.25, 0.3) is 10.9 Å². The van der Waals surface area contributed by atoms with Crippen molar-refractivity contribution in [3.8, 4) is 5.75 Å². The molecule has 2 unspecified atom stereocenters. The van der Waals surface area contributed by atoms with E-state index in [1.807, 2.05) is 24.3 Å². The van der Waals surface area contributed by atoms with Crippen molar-refractivity contribution in [3.63, 3.8) is 0 Å². The first-order valence-electron chi connectivity index (χ1n) is 10.3. The van der Waals surface area contributed by atoms with Crippen molar-refractivity contribution in [2.45, 2.75) is 25.6 Å². The third-order valence-corrected chi connectivity index (χ3v) is 6.19. The summed E-state index contributed by atoms with van der Waals surface area (Å²) in [7, 11) is 0. The lowest BCUT2D eigenvalue weighted by Gasteiger charge is -2.27. The van der Waals surface area contributed by atoms with E-state index in [1.54, 1.807) is 6.92 Å².